The Kier molecular flexibility index (Phi) is 8.68. The van der Waals surface area contributed by atoms with Crippen LogP contribution in [0.1, 0.15) is 12.5 Å². The molecule has 0 aliphatic rings. The van der Waals surface area contributed by atoms with E-state index in [2.05, 4.69) is 37.4 Å². The minimum atomic E-state index is 0. The molecule has 0 amide bonds. The largest absolute Gasteiger partial charge is 0.490 e. The number of rotatable bonds is 6. The summed E-state index contributed by atoms with van der Waals surface area (Å²) in [5.41, 5.74) is 1.25. The highest BCUT2D eigenvalue weighted by Crippen LogP contribution is 2.10. The molecule has 0 saturated carbocycles. The van der Waals surface area contributed by atoms with Crippen molar-refractivity contribution in [2.75, 3.05) is 19.7 Å². The van der Waals surface area contributed by atoms with E-state index in [0.29, 0.717) is 6.61 Å². The minimum absolute atomic E-state index is 0. The first-order valence-electron chi connectivity index (χ1n) is 5.38. The average Bonchev–Trinajstić information content (AvgIpc) is 2.26. The minimum Gasteiger partial charge on any atom is -0.490 e. The summed E-state index contributed by atoms with van der Waals surface area (Å²) in [6.45, 7) is 6.71. The first-order valence-corrected chi connectivity index (χ1v) is 5.38. The number of ether oxygens (including phenoxy) is 1. The molecule has 16 heavy (non-hydrogen) atoms. The number of benzene rings is 1. The van der Waals surface area contributed by atoms with Gasteiger partial charge < -0.3 is 10.1 Å². The van der Waals surface area contributed by atoms with E-state index < -0.39 is 0 Å². The summed E-state index contributed by atoms with van der Waals surface area (Å²) in [6, 6.07) is 8.09. The molecule has 0 radical (unpaired) electrons. The Labute approximate surface area is 104 Å². The number of aryl methyl sites for hydroxylation is 1. The van der Waals surface area contributed by atoms with Crippen molar-refractivity contribution in [3.8, 4) is 5.75 Å². The van der Waals surface area contributed by atoms with Crippen molar-refractivity contribution in [2.45, 2.75) is 13.8 Å². The summed E-state index contributed by atoms with van der Waals surface area (Å²) in [4.78, 5) is 0. The Morgan fingerprint density at radius 2 is 1.88 bits per heavy atom. The fraction of sp³-hybridized carbons (Fsp3) is 0.385. The van der Waals surface area contributed by atoms with Gasteiger partial charge in [0.25, 0.3) is 0 Å². The van der Waals surface area contributed by atoms with Crippen molar-refractivity contribution in [1.82, 2.24) is 5.32 Å². The van der Waals surface area contributed by atoms with Crippen molar-refractivity contribution in [2.24, 2.45) is 0 Å². The highest BCUT2D eigenvalue weighted by atomic mass is 35.5. The molecule has 1 rings (SSSR count). The lowest BCUT2D eigenvalue weighted by atomic mass is 10.2. The molecule has 0 unspecified atom stereocenters. The smallest absolute Gasteiger partial charge is 0.119 e. The van der Waals surface area contributed by atoms with Gasteiger partial charge in [0.1, 0.15) is 12.4 Å². The van der Waals surface area contributed by atoms with Crippen LogP contribution in [0.15, 0.2) is 36.4 Å². The highest BCUT2D eigenvalue weighted by Gasteiger charge is 1.89. The van der Waals surface area contributed by atoms with E-state index >= 15 is 0 Å². The molecule has 90 valence electrons. The maximum Gasteiger partial charge on any atom is 0.119 e. The van der Waals surface area contributed by atoms with Crippen LogP contribution in [-0.2, 0) is 0 Å². The van der Waals surface area contributed by atoms with Crippen LogP contribution in [-0.4, -0.2) is 19.7 Å². The van der Waals surface area contributed by atoms with E-state index in [0.717, 1.165) is 18.8 Å². The van der Waals surface area contributed by atoms with Crippen LogP contribution in [0, 0.1) is 6.92 Å². The molecule has 0 heterocycles. The van der Waals surface area contributed by atoms with Crippen molar-refractivity contribution in [3.63, 3.8) is 0 Å². The Hall–Kier alpha value is -0.990. The van der Waals surface area contributed by atoms with E-state index in [1.807, 2.05) is 18.2 Å². The van der Waals surface area contributed by atoms with E-state index in [1.165, 1.54) is 5.56 Å². The predicted octanol–water partition coefficient (Wildman–Crippen LogP) is 2.96. The fourth-order valence-electron chi connectivity index (χ4n) is 1.16. The van der Waals surface area contributed by atoms with Crippen LogP contribution in [0.3, 0.4) is 0 Å². The third kappa shape index (κ3) is 6.49. The fourth-order valence-corrected chi connectivity index (χ4v) is 1.16. The monoisotopic (exact) mass is 241 g/mol. The quantitative estimate of drug-likeness (QED) is 0.611. The molecule has 1 N–H and O–H groups in total. The van der Waals surface area contributed by atoms with E-state index in [-0.39, 0.29) is 12.4 Å². The molecule has 0 spiro atoms. The molecule has 1 aromatic carbocycles. The first kappa shape index (κ1) is 15.0. The lowest BCUT2D eigenvalue weighted by Crippen LogP contribution is -2.11. The first-order chi connectivity index (χ1) is 7.33. The van der Waals surface area contributed by atoms with Crippen LogP contribution in [0.4, 0.5) is 0 Å². The zero-order valence-corrected chi connectivity index (χ0v) is 10.7. The van der Waals surface area contributed by atoms with Gasteiger partial charge in [0.15, 0.2) is 0 Å². The summed E-state index contributed by atoms with van der Waals surface area (Å²) in [7, 11) is 0. The Morgan fingerprint density at radius 1 is 1.19 bits per heavy atom. The molecule has 0 bridgehead atoms. The molecule has 3 heteroatoms. The zero-order valence-electron chi connectivity index (χ0n) is 9.90. The van der Waals surface area contributed by atoms with Gasteiger partial charge in [-0.25, -0.2) is 0 Å². The van der Waals surface area contributed by atoms with Gasteiger partial charge in [0.2, 0.25) is 0 Å². The maximum atomic E-state index is 5.53. The summed E-state index contributed by atoms with van der Waals surface area (Å²) in [5, 5.41) is 3.21. The normalized spacial score (nSPS) is 10.1. The molecule has 0 atom stereocenters. The highest BCUT2D eigenvalue weighted by molar-refractivity contribution is 5.85. The van der Waals surface area contributed by atoms with E-state index in [1.54, 1.807) is 0 Å². The molecule has 0 aliphatic carbocycles. The average molecular weight is 242 g/mol. The maximum absolute atomic E-state index is 5.53. The summed E-state index contributed by atoms with van der Waals surface area (Å²) >= 11 is 0. The van der Waals surface area contributed by atoms with Gasteiger partial charge in [-0.15, -0.1) is 12.4 Å². The van der Waals surface area contributed by atoms with Crippen molar-refractivity contribution in [1.29, 1.82) is 0 Å². The molecular formula is C13H20ClNO. The molecule has 1 aromatic rings. The van der Waals surface area contributed by atoms with Gasteiger partial charge in [0.05, 0.1) is 0 Å². The van der Waals surface area contributed by atoms with Gasteiger partial charge in [-0.3, -0.25) is 0 Å². The second-order valence-corrected chi connectivity index (χ2v) is 3.40. The molecule has 0 fully saturated rings. The Morgan fingerprint density at radius 3 is 2.50 bits per heavy atom. The van der Waals surface area contributed by atoms with Crippen molar-refractivity contribution >= 4 is 12.4 Å². The molecule has 2 nitrogen and oxygen atoms in total. The summed E-state index contributed by atoms with van der Waals surface area (Å²) in [6.07, 6.45) is 4.11. The second kappa shape index (κ2) is 9.25. The van der Waals surface area contributed by atoms with E-state index in [4.69, 9.17) is 4.74 Å². The Bertz CT molecular complexity index is 295. The third-order valence-electron chi connectivity index (χ3n) is 2.05. The summed E-state index contributed by atoms with van der Waals surface area (Å²) in [5.74, 6) is 0.925. The van der Waals surface area contributed by atoms with E-state index in [9.17, 15) is 0 Å². The van der Waals surface area contributed by atoms with Crippen molar-refractivity contribution in [3.05, 3.63) is 42.0 Å². The number of halogens is 1. The topological polar surface area (TPSA) is 21.3 Å². The molecule has 0 aliphatic heterocycles. The van der Waals surface area contributed by atoms with Gasteiger partial charge in [0, 0.05) is 6.54 Å². The van der Waals surface area contributed by atoms with Crippen LogP contribution in [0.25, 0.3) is 0 Å². The SMILES string of the molecule is CCNCC=CCOc1ccc(C)cc1.Cl. The number of hydrogen-bond donors (Lipinski definition) is 1. The molecule has 0 aromatic heterocycles. The summed E-state index contributed by atoms with van der Waals surface area (Å²) < 4.78 is 5.53. The second-order valence-electron chi connectivity index (χ2n) is 3.40. The number of hydrogen-bond acceptors (Lipinski definition) is 2. The van der Waals surface area contributed by atoms with Crippen LogP contribution in [0.5, 0.6) is 5.75 Å². The van der Waals surface area contributed by atoms with Crippen molar-refractivity contribution < 1.29 is 4.74 Å². The van der Waals surface area contributed by atoms with Gasteiger partial charge in [-0.2, -0.15) is 0 Å². The predicted molar refractivity (Wildman–Crippen MR) is 71.6 cm³/mol. The van der Waals surface area contributed by atoms with Gasteiger partial charge in [-0.1, -0.05) is 36.8 Å². The van der Waals surface area contributed by atoms with Gasteiger partial charge in [-0.05, 0) is 25.6 Å². The third-order valence-corrected chi connectivity index (χ3v) is 2.05. The molecular weight excluding hydrogens is 222 g/mol. The number of likely N-dealkylation sites (N-methyl/N-ethyl adjacent to an activating group) is 1. The lowest BCUT2D eigenvalue weighted by Gasteiger charge is -2.02. The van der Waals surface area contributed by atoms with Crippen LogP contribution < -0.4 is 10.1 Å². The van der Waals surface area contributed by atoms with Crippen LogP contribution in [0.2, 0.25) is 0 Å². The number of nitrogens with one attached hydrogen (secondary N) is 1. The van der Waals surface area contributed by atoms with Crippen LogP contribution >= 0.6 is 12.4 Å². The van der Waals surface area contributed by atoms with Gasteiger partial charge >= 0.3 is 0 Å². The standard InChI is InChI=1S/C13H19NO.ClH/c1-3-14-10-4-5-11-15-13-8-6-12(2)7-9-13;/h4-9,14H,3,10-11H2,1-2H3;1H. The Balaban J connectivity index is 0.00000225. The zero-order chi connectivity index (χ0) is 10.9. The lowest BCUT2D eigenvalue weighted by molar-refractivity contribution is 0.362. The molecule has 0 saturated heterocycles.